The van der Waals surface area contributed by atoms with Gasteiger partial charge in [0.05, 0.1) is 12.8 Å². The fourth-order valence-electron chi connectivity index (χ4n) is 3.14. The van der Waals surface area contributed by atoms with E-state index in [4.69, 9.17) is 9.26 Å². The van der Waals surface area contributed by atoms with Gasteiger partial charge < -0.3 is 14.2 Å². The fourth-order valence-corrected chi connectivity index (χ4v) is 3.14. The van der Waals surface area contributed by atoms with Gasteiger partial charge in [-0.25, -0.2) is 4.39 Å². The van der Waals surface area contributed by atoms with Gasteiger partial charge in [-0.1, -0.05) is 11.2 Å². The molecule has 144 valence electrons. The lowest BCUT2D eigenvalue weighted by atomic mass is 10.1. The van der Waals surface area contributed by atoms with Crippen LogP contribution >= 0.6 is 0 Å². The van der Waals surface area contributed by atoms with Crippen molar-refractivity contribution >= 4 is 12.0 Å². The Bertz CT molecular complexity index is 819. The maximum absolute atomic E-state index is 13.7. The minimum absolute atomic E-state index is 0.0665. The van der Waals surface area contributed by atoms with Gasteiger partial charge in [0.15, 0.2) is 11.6 Å². The van der Waals surface area contributed by atoms with Gasteiger partial charge in [0.2, 0.25) is 5.91 Å². The Hall–Kier alpha value is -2.67. The van der Waals surface area contributed by atoms with E-state index in [0.29, 0.717) is 18.7 Å². The van der Waals surface area contributed by atoms with Gasteiger partial charge in [-0.05, 0) is 37.6 Å². The van der Waals surface area contributed by atoms with Crippen molar-refractivity contribution in [1.29, 1.82) is 0 Å². The molecule has 1 aromatic heterocycles. The number of nitrogens with zero attached hydrogens (tertiary/aromatic N) is 3. The van der Waals surface area contributed by atoms with E-state index in [-0.39, 0.29) is 11.7 Å². The summed E-state index contributed by atoms with van der Waals surface area (Å²) in [6.07, 6.45) is 3.12. The molecule has 7 heteroatoms. The highest BCUT2D eigenvalue weighted by Crippen LogP contribution is 2.19. The van der Waals surface area contributed by atoms with Gasteiger partial charge in [-0.3, -0.25) is 9.69 Å². The Morgan fingerprint density at radius 3 is 2.63 bits per heavy atom. The van der Waals surface area contributed by atoms with Gasteiger partial charge in [0.25, 0.3) is 0 Å². The molecule has 0 spiro atoms. The predicted octanol–water partition coefficient (Wildman–Crippen LogP) is 2.80. The van der Waals surface area contributed by atoms with E-state index in [1.54, 1.807) is 23.1 Å². The third-order valence-corrected chi connectivity index (χ3v) is 4.84. The summed E-state index contributed by atoms with van der Waals surface area (Å²) in [5.41, 5.74) is 2.66. The smallest absolute Gasteiger partial charge is 0.246 e. The first kappa shape index (κ1) is 19.1. The number of piperazine rings is 1. The summed E-state index contributed by atoms with van der Waals surface area (Å²) in [6.45, 7) is 7.54. The standard InChI is InChI=1S/C20H24FN3O3/c1-14-17(15(2)27-22-14)13-23-8-10-24(11-9-23)20(25)7-5-16-4-6-19(26-3)18(21)12-16/h4-7,12H,8-11,13H2,1-3H3/b7-5+. The quantitative estimate of drug-likeness (QED) is 0.755. The monoisotopic (exact) mass is 373 g/mol. The fraction of sp³-hybridized carbons (Fsp3) is 0.400. The lowest BCUT2D eigenvalue weighted by molar-refractivity contribution is -0.127. The highest BCUT2D eigenvalue weighted by atomic mass is 19.1. The molecule has 0 unspecified atom stereocenters. The number of aromatic nitrogens is 1. The van der Waals surface area contributed by atoms with Crippen molar-refractivity contribution in [1.82, 2.24) is 15.0 Å². The molecule has 1 aliphatic rings. The van der Waals surface area contributed by atoms with E-state index in [2.05, 4.69) is 10.1 Å². The van der Waals surface area contributed by atoms with Gasteiger partial charge in [-0.15, -0.1) is 0 Å². The Balaban J connectivity index is 1.53. The molecule has 1 aliphatic heterocycles. The molecular weight excluding hydrogens is 349 g/mol. The summed E-state index contributed by atoms with van der Waals surface area (Å²) in [5, 5.41) is 3.99. The highest BCUT2D eigenvalue weighted by Gasteiger charge is 2.21. The van der Waals surface area contributed by atoms with Crippen LogP contribution in [0.1, 0.15) is 22.6 Å². The van der Waals surface area contributed by atoms with Crippen LogP contribution in [0.15, 0.2) is 28.8 Å². The Morgan fingerprint density at radius 1 is 1.30 bits per heavy atom. The third kappa shape index (κ3) is 4.54. The first-order valence-electron chi connectivity index (χ1n) is 8.92. The molecule has 0 atom stereocenters. The summed E-state index contributed by atoms with van der Waals surface area (Å²) in [5.74, 6) is 0.525. The van der Waals surface area contributed by atoms with Gasteiger partial charge in [0.1, 0.15) is 5.76 Å². The highest BCUT2D eigenvalue weighted by molar-refractivity contribution is 5.91. The molecule has 6 nitrogen and oxygen atoms in total. The number of hydrogen-bond donors (Lipinski definition) is 0. The molecule has 0 aliphatic carbocycles. The molecule has 1 fully saturated rings. The average Bonchev–Trinajstić information content (AvgIpc) is 2.99. The van der Waals surface area contributed by atoms with Crippen LogP contribution in [0.4, 0.5) is 4.39 Å². The number of hydrogen-bond acceptors (Lipinski definition) is 5. The molecule has 0 saturated carbocycles. The molecule has 27 heavy (non-hydrogen) atoms. The summed E-state index contributed by atoms with van der Waals surface area (Å²) in [4.78, 5) is 16.5. The maximum Gasteiger partial charge on any atom is 0.246 e. The Morgan fingerprint density at radius 2 is 2.04 bits per heavy atom. The first-order valence-corrected chi connectivity index (χ1v) is 8.92. The van der Waals surface area contributed by atoms with Crippen LogP contribution in [0.2, 0.25) is 0 Å². The summed E-state index contributed by atoms with van der Waals surface area (Å²) >= 11 is 0. The average molecular weight is 373 g/mol. The second-order valence-corrected chi connectivity index (χ2v) is 6.63. The predicted molar refractivity (Wildman–Crippen MR) is 99.8 cm³/mol. The van der Waals surface area contributed by atoms with Crippen LogP contribution < -0.4 is 4.74 Å². The zero-order valence-corrected chi connectivity index (χ0v) is 15.9. The third-order valence-electron chi connectivity index (χ3n) is 4.84. The zero-order chi connectivity index (χ0) is 19.4. The number of amides is 1. The number of methoxy groups -OCH3 is 1. The first-order chi connectivity index (χ1) is 13.0. The maximum atomic E-state index is 13.7. The summed E-state index contributed by atoms with van der Waals surface area (Å²) < 4.78 is 23.8. The molecule has 0 radical (unpaired) electrons. The lowest BCUT2D eigenvalue weighted by Gasteiger charge is -2.34. The van der Waals surface area contributed by atoms with Crippen molar-refractivity contribution in [3.8, 4) is 5.75 Å². The second kappa shape index (κ2) is 8.35. The van der Waals surface area contributed by atoms with Crippen LogP contribution in [0.25, 0.3) is 6.08 Å². The van der Waals surface area contributed by atoms with E-state index >= 15 is 0 Å². The second-order valence-electron chi connectivity index (χ2n) is 6.63. The van der Waals surface area contributed by atoms with Crippen molar-refractivity contribution in [2.45, 2.75) is 20.4 Å². The van der Waals surface area contributed by atoms with Crippen LogP contribution in [0.3, 0.4) is 0 Å². The molecule has 2 aromatic rings. The summed E-state index contributed by atoms with van der Waals surface area (Å²) in [6, 6.07) is 4.62. The van der Waals surface area contributed by atoms with Crippen LogP contribution in [-0.4, -0.2) is 54.2 Å². The van der Waals surface area contributed by atoms with E-state index < -0.39 is 5.82 Å². The topological polar surface area (TPSA) is 58.8 Å². The molecule has 3 rings (SSSR count). The molecule has 1 saturated heterocycles. The number of halogens is 1. The zero-order valence-electron chi connectivity index (χ0n) is 15.9. The van der Waals surface area contributed by atoms with Crippen molar-refractivity contribution in [3.63, 3.8) is 0 Å². The number of carbonyl (C=O) groups is 1. The number of aryl methyl sites for hydroxylation is 2. The van der Waals surface area contributed by atoms with E-state index in [9.17, 15) is 9.18 Å². The summed E-state index contributed by atoms with van der Waals surface area (Å²) in [7, 11) is 1.42. The number of rotatable bonds is 5. The largest absolute Gasteiger partial charge is 0.494 e. The normalized spacial score (nSPS) is 15.5. The van der Waals surface area contributed by atoms with Crippen molar-refractivity contribution in [2.75, 3.05) is 33.3 Å². The minimum atomic E-state index is -0.444. The van der Waals surface area contributed by atoms with Gasteiger partial charge in [-0.2, -0.15) is 0 Å². The van der Waals surface area contributed by atoms with Crippen molar-refractivity contribution in [2.24, 2.45) is 0 Å². The number of carbonyl (C=O) groups excluding carboxylic acids is 1. The van der Waals surface area contributed by atoms with Crippen molar-refractivity contribution < 1.29 is 18.4 Å². The van der Waals surface area contributed by atoms with Crippen LogP contribution in [0.5, 0.6) is 5.75 Å². The molecule has 1 amide bonds. The van der Waals surface area contributed by atoms with Gasteiger partial charge >= 0.3 is 0 Å². The molecule has 0 N–H and O–H groups in total. The molecule has 0 bridgehead atoms. The molecule has 1 aromatic carbocycles. The lowest BCUT2D eigenvalue weighted by Crippen LogP contribution is -2.47. The SMILES string of the molecule is COc1ccc(/C=C/C(=O)N2CCN(Cc3c(C)noc3C)CC2)cc1F. The van der Waals surface area contributed by atoms with Gasteiger partial charge in [0, 0.05) is 44.4 Å². The minimum Gasteiger partial charge on any atom is -0.494 e. The van der Waals surface area contributed by atoms with Crippen molar-refractivity contribution in [3.05, 3.63) is 52.7 Å². The Kier molecular flexibility index (Phi) is 5.91. The number of benzene rings is 1. The Labute approximate surface area is 158 Å². The van der Waals surface area contributed by atoms with E-state index in [1.165, 1.54) is 19.3 Å². The van der Waals surface area contributed by atoms with Crippen LogP contribution in [-0.2, 0) is 11.3 Å². The molecule has 2 heterocycles. The van der Waals surface area contributed by atoms with E-state index in [1.807, 2.05) is 13.8 Å². The van der Waals surface area contributed by atoms with Crippen LogP contribution in [0, 0.1) is 19.7 Å². The molecular formula is C20H24FN3O3. The van der Waals surface area contributed by atoms with E-state index in [0.717, 1.165) is 36.7 Å². The number of ether oxygens (including phenoxy) is 1.